The van der Waals surface area contributed by atoms with Crippen LogP contribution < -0.4 is 14.4 Å². The number of sulfonamides is 1. The van der Waals surface area contributed by atoms with Crippen LogP contribution in [0.15, 0.2) is 65.6 Å². The highest BCUT2D eigenvalue weighted by atomic mass is 35.5. The fraction of sp³-hybridized carbons (Fsp3) is 0.321. The molecule has 0 radical (unpaired) electrons. The molecular formula is C28H33ClN2O4S. The van der Waals surface area contributed by atoms with Crippen LogP contribution in [0.1, 0.15) is 55.0 Å². The lowest BCUT2D eigenvalue weighted by Gasteiger charge is -2.27. The lowest BCUT2D eigenvalue weighted by atomic mass is 9.93. The highest BCUT2D eigenvalue weighted by molar-refractivity contribution is 7.92. The molecule has 0 fully saturated rings. The average Bonchev–Trinajstić information content (AvgIpc) is 2.82. The smallest absolute Gasteiger partial charge is 0.264 e. The van der Waals surface area contributed by atoms with Crippen LogP contribution in [0.2, 0.25) is 5.02 Å². The molecule has 1 N–H and O–H groups in total. The molecule has 0 saturated heterocycles. The van der Waals surface area contributed by atoms with Crippen molar-refractivity contribution in [2.75, 3.05) is 18.0 Å². The molecule has 0 aliphatic rings. The van der Waals surface area contributed by atoms with Crippen LogP contribution in [-0.4, -0.2) is 28.0 Å². The summed E-state index contributed by atoms with van der Waals surface area (Å²) in [6.45, 7) is 9.47. The van der Waals surface area contributed by atoms with Gasteiger partial charge in [0.1, 0.15) is 12.3 Å². The third-order valence-electron chi connectivity index (χ3n) is 6.16. The van der Waals surface area contributed by atoms with Crippen molar-refractivity contribution in [3.63, 3.8) is 0 Å². The quantitative estimate of drug-likeness (QED) is 0.361. The molecule has 1 amide bonds. The number of rotatable bonds is 9. The SMILES string of the molecule is COc1cc(C)c(C(C)NC(=O)CN(c2ccccc2C)S(=O)(=O)c2ccc(Cl)cc2)cc1C(C)C. The summed E-state index contributed by atoms with van der Waals surface area (Å²) in [4.78, 5) is 13.3. The monoisotopic (exact) mass is 528 g/mol. The Morgan fingerprint density at radius 1 is 0.972 bits per heavy atom. The number of methoxy groups -OCH3 is 1. The van der Waals surface area contributed by atoms with Crippen LogP contribution in [0.5, 0.6) is 5.75 Å². The summed E-state index contributed by atoms with van der Waals surface area (Å²) in [5.41, 5.74) is 4.16. The molecule has 6 nitrogen and oxygen atoms in total. The maximum absolute atomic E-state index is 13.6. The number of anilines is 1. The molecule has 0 spiro atoms. The first kappa shape index (κ1) is 27.6. The Morgan fingerprint density at radius 2 is 1.61 bits per heavy atom. The number of ether oxygens (including phenoxy) is 1. The number of hydrogen-bond donors (Lipinski definition) is 1. The zero-order valence-corrected chi connectivity index (χ0v) is 23.1. The number of carbonyl (C=O) groups is 1. The molecule has 0 aliphatic carbocycles. The second-order valence-corrected chi connectivity index (χ2v) is 11.4. The van der Waals surface area contributed by atoms with Crippen LogP contribution >= 0.6 is 11.6 Å². The van der Waals surface area contributed by atoms with Gasteiger partial charge in [-0.25, -0.2) is 8.42 Å². The molecule has 0 aliphatic heterocycles. The van der Waals surface area contributed by atoms with E-state index < -0.39 is 15.9 Å². The number of carbonyl (C=O) groups excluding carboxylic acids is 1. The Bertz CT molecular complexity index is 1340. The number of hydrogen-bond acceptors (Lipinski definition) is 4. The zero-order valence-electron chi connectivity index (χ0n) is 21.5. The van der Waals surface area contributed by atoms with Crippen molar-refractivity contribution in [2.45, 2.75) is 51.5 Å². The van der Waals surface area contributed by atoms with E-state index in [1.165, 1.54) is 24.3 Å². The summed E-state index contributed by atoms with van der Waals surface area (Å²) in [7, 11) is -2.38. The van der Waals surface area contributed by atoms with E-state index in [4.69, 9.17) is 16.3 Å². The second kappa shape index (κ2) is 11.4. The van der Waals surface area contributed by atoms with Gasteiger partial charge in [-0.05, 0) is 91.4 Å². The maximum Gasteiger partial charge on any atom is 0.264 e. The van der Waals surface area contributed by atoms with Crippen LogP contribution in [0, 0.1) is 13.8 Å². The van der Waals surface area contributed by atoms with Gasteiger partial charge in [0, 0.05) is 5.02 Å². The van der Waals surface area contributed by atoms with Gasteiger partial charge in [0.25, 0.3) is 10.0 Å². The minimum absolute atomic E-state index is 0.0589. The molecule has 0 aromatic heterocycles. The molecule has 3 aromatic rings. The molecule has 8 heteroatoms. The van der Waals surface area contributed by atoms with Gasteiger partial charge in [0.05, 0.1) is 23.7 Å². The van der Waals surface area contributed by atoms with Crippen LogP contribution in [0.4, 0.5) is 5.69 Å². The molecular weight excluding hydrogens is 496 g/mol. The second-order valence-electron chi connectivity index (χ2n) is 9.15. The number of halogens is 1. The standard InChI is InChI=1S/C28H33ClN2O4S/c1-18(2)24-16-25(20(4)15-27(24)35-6)21(5)30-28(32)17-31(26-10-8-7-9-19(26)3)36(33,34)23-13-11-22(29)12-14-23/h7-16,18,21H,17H2,1-6H3,(H,30,32). The third-order valence-corrected chi connectivity index (χ3v) is 8.18. The van der Waals surface area contributed by atoms with Crippen LogP contribution in [0.3, 0.4) is 0 Å². The minimum Gasteiger partial charge on any atom is -0.496 e. The van der Waals surface area contributed by atoms with Crippen molar-refractivity contribution >= 4 is 33.2 Å². The average molecular weight is 529 g/mol. The molecule has 192 valence electrons. The Labute approximate surface area is 219 Å². The molecule has 3 rings (SSSR count). The van der Waals surface area contributed by atoms with E-state index >= 15 is 0 Å². The van der Waals surface area contributed by atoms with E-state index in [2.05, 4.69) is 19.2 Å². The van der Waals surface area contributed by atoms with Gasteiger partial charge in [-0.1, -0.05) is 43.6 Å². The van der Waals surface area contributed by atoms with Gasteiger partial charge in [-0.2, -0.15) is 0 Å². The third kappa shape index (κ3) is 6.02. The number of nitrogens with zero attached hydrogens (tertiary/aromatic N) is 1. The lowest BCUT2D eigenvalue weighted by Crippen LogP contribution is -2.42. The highest BCUT2D eigenvalue weighted by Crippen LogP contribution is 2.32. The molecule has 0 heterocycles. The first-order valence-electron chi connectivity index (χ1n) is 11.8. The fourth-order valence-corrected chi connectivity index (χ4v) is 5.79. The van der Waals surface area contributed by atoms with Crippen molar-refractivity contribution in [2.24, 2.45) is 0 Å². The Morgan fingerprint density at radius 3 is 2.19 bits per heavy atom. The Kier molecular flexibility index (Phi) is 8.69. The normalized spacial score (nSPS) is 12.3. The summed E-state index contributed by atoms with van der Waals surface area (Å²) in [6.07, 6.45) is 0. The topological polar surface area (TPSA) is 75.7 Å². The summed E-state index contributed by atoms with van der Waals surface area (Å²) < 4.78 is 33.9. The molecule has 1 unspecified atom stereocenters. The number of benzene rings is 3. The van der Waals surface area contributed by atoms with Crippen molar-refractivity contribution in [3.05, 3.63) is 87.9 Å². The summed E-state index contributed by atoms with van der Waals surface area (Å²) in [6, 6.07) is 16.7. The van der Waals surface area contributed by atoms with Crippen molar-refractivity contribution in [1.29, 1.82) is 0 Å². The van der Waals surface area contributed by atoms with E-state index in [0.717, 1.165) is 32.3 Å². The largest absolute Gasteiger partial charge is 0.496 e. The van der Waals surface area contributed by atoms with Crippen molar-refractivity contribution in [3.8, 4) is 5.75 Å². The number of nitrogens with one attached hydrogen (secondary N) is 1. The minimum atomic E-state index is -4.03. The van der Waals surface area contributed by atoms with E-state index in [1.807, 2.05) is 45.0 Å². The fourth-order valence-electron chi connectivity index (χ4n) is 4.18. The molecule has 3 aromatic carbocycles. The summed E-state index contributed by atoms with van der Waals surface area (Å²) in [5, 5.41) is 3.42. The van der Waals surface area contributed by atoms with Gasteiger partial charge >= 0.3 is 0 Å². The van der Waals surface area contributed by atoms with Crippen LogP contribution in [0.25, 0.3) is 0 Å². The molecule has 1 atom stereocenters. The van der Waals surface area contributed by atoms with Crippen LogP contribution in [-0.2, 0) is 14.8 Å². The molecule has 0 bridgehead atoms. The Hall–Kier alpha value is -3.03. The maximum atomic E-state index is 13.6. The van der Waals surface area contributed by atoms with Crippen molar-refractivity contribution in [1.82, 2.24) is 5.32 Å². The number of para-hydroxylation sites is 1. The van der Waals surface area contributed by atoms with E-state index in [9.17, 15) is 13.2 Å². The van der Waals surface area contributed by atoms with Gasteiger partial charge in [-0.15, -0.1) is 0 Å². The predicted octanol–water partition coefficient (Wildman–Crippen LogP) is 6.16. The van der Waals surface area contributed by atoms with Gasteiger partial charge < -0.3 is 10.1 Å². The van der Waals surface area contributed by atoms with E-state index in [0.29, 0.717) is 10.7 Å². The zero-order chi connectivity index (χ0) is 26.6. The summed E-state index contributed by atoms with van der Waals surface area (Å²) in [5.74, 6) is 0.637. The van der Waals surface area contributed by atoms with Gasteiger partial charge in [0.15, 0.2) is 0 Å². The number of aryl methyl sites for hydroxylation is 2. The first-order valence-corrected chi connectivity index (χ1v) is 13.6. The Balaban J connectivity index is 1.93. The van der Waals surface area contributed by atoms with Gasteiger partial charge in [-0.3, -0.25) is 9.10 Å². The van der Waals surface area contributed by atoms with E-state index in [-0.39, 0.29) is 23.4 Å². The number of amides is 1. The van der Waals surface area contributed by atoms with Crippen molar-refractivity contribution < 1.29 is 17.9 Å². The molecule has 36 heavy (non-hydrogen) atoms. The lowest BCUT2D eigenvalue weighted by molar-refractivity contribution is -0.120. The van der Waals surface area contributed by atoms with E-state index in [1.54, 1.807) is 19.2 Å². The summed E-state index contributed by atoms with van der Waals surface area (Å²) >= 11 is 5.97. The molecule has 0 saturated carbocycles. The first-order chi connectivity index (χ1) is 16.9. The predicted molar refractivity (Wildman–Crippen MR) is 146 cm³/mol. The van der Waals surface area contributed by atoms with Gasteiger partial charge in [0.2, 0.25) is 5.91 Å². The highest BCUT2D eigenvalue weighted by Gasteiger charge is 2.29.